The van der Waals surface area contributed by atoms with E-state index in [1.165, 1.54) is 17.4 Å². The maximum atomic E-state index is 13.8. The van der Waals surface area contributed by atoms with Crippen molar-refractivity contribution in [2.45, 2.75) is 12.2 Å². The standard InChI is InChI=1S/C12H9F4NS.ClH/c13-10-7(11(17)9-5-2-6-18-9)3-1-4-8(10)12(14,15)16;/h1-6,11H,17H2;1H/t11-;/m0./s1. The molecule has 104 valence electrons. The number of nitrogens with two attached hydrogens (primary N) is 1. The van der Waals surface area contributed by atoms with Crippen LogP contribution < -0.4 is 5.73 Å². The molecule has 0 unspecified atom stereocenters. The second-order valence-corrected chi connectivity index (χ2v) is 4.68. The summed E-state index contributed by atoms with van der Waals surface area (Å²) in [5.41, 5.74) is 4.35. The molecule has 0 bridgehead atoms. The summed E-state index contributed by atoms with van der Waals surface area (Å²) in [6.45, 7) is 0. The van der Waals surface area contributed by atoms with Gasteiger partial charge in [-0.2, -0.15) is 13.2 Å². The van der Waals surface area contributed by atoms with Crippen LogP contribution in [0.4, 0.5) is 17.6 Å². The molecule has 0 spiro atoms. The van der Waals surface area contributed by atoms with Gasteiger partial charge in [-0.3, -0.25) is 0 Å². The topological polar surface area (TPSA) is 26.0 Å². The Kier molecular flexibility index (Phi) is 4.95. The number of hydrogen-bond donors (Lipinski definition) is 1. The third kappa shape index (κ3) is 3.26. The van der Waals surface area contributed by atoms with Crippen LogP contribution in [0.3, 0.4) is 0 Å². The monoisotopic (exact) mass is 311 g/mol. The second-order valence-electron chi connectivity index (χ2n) is 3.70. The summed E-state index contributed by atoms with van der Waals surface area (Å²) >= 11 is 1.27. The summed E-state index contributed by atoms with van der Waals surface area (Å²) in [5.74, 6) is -1.30. The van der Waals surface area contributed by atoms with Crippen molar-refractivity contribution in [2.24, 2.45) is 5.73 Å². The van der Waals surface area contributed by atoms with E-state index in [0.29, 0.717) is 10.9 Å². The van der Waals surface area contributed by atoms with E-state index >= 15 is 0 Å². The fraction of sp³-hybridized carbons (Fsp3) is 0.167. The van der Waals surface area contributed by atoms with Crippen LogP contribution >= 0.6 is 23.7 Å². The highest BCUT2D eigenvalue weighted by Crippen LogP contribution is 2.35. The molecule has 2 N–H and O–H groups in total. The summed E-state index contributed by atoms with van der Waals surface area (Å²) in [7, 11) is 0. The van der Waals surface area contributed by atoms with Gasteiger partial charge in [0.25, 0.3) is 0 Å². The number of hydrogen-bond acceptors (Lipinski definition) is 2. The average Bonchev–Trinajstić information content (AvgIpc) is 2.80. The zero-order valence-corrected chi connectivity index (χ0v) is 11.1. The molecule has 1 aromatic carbocycles. The molecule has 2 aromatic rings. The van der Waals surface area contributed by atoms with Crippen LogP contribution in [0.1, 0.15) is 22.0 Å². The molecule has 19 heavy (non-hydrogen) atoms. The lowest BCUT2D eigenvalue weighted by Gasteiger charge is -2.15. The van der Waals surface area contributed by atoms with E-state index < -0.39 is 23.6 Å². The lowest BCUT2D eigenvalue weighted by atomic mass is 10.0. The number of benzene rings is 1. The zero-order chi connectivity index (χ0) is 13.3. The maximum absolute atomic E-state index is 13.8. The zero-order valence-electron chi connectivity index (χ0n) is 9.45. The van der Waals surface area contributed by atoms with E-state index in [4.69, 9.17) is 5.73 Å². The SMILES string of the molecule is Cl.N[C@H](c1cccs1)c1cccc(C(F)(F)F)c1F. The smallest absolute Gasteiger partial charge is 0.320 e. The Morgan fingerprint density at radius 1 is 1.11 bits per heavy atom. The molecule has 2 rings (SSSR count). The Morgan fingerprint density at radius 2 is 1.79 bits per heavy atom. The van der Waals surface area contributed by atoms with Crippen LogP contribution in [0.5, 0.6) is 0 Å². The van der Waals surface area contributed by atoms with Gasteiger partial charge in [0.2, 0.25) is 0 Å². The maximum Gasteiger partial charge on any atom is 0.419 e. The van der Waals surface area contributed by atoms with Crippen LogP contribution in [-0.4, -0.2) is 0 Å². The first-order valence-corrected chi connectivity index (χ1v) is 5.94. The van der Waals surface area contributed by atoms with Gasteiger partial charge in [-0.15, -0.1) is 23.7 Å². The fourth-order valence-electron chi connectivity index (χ4n) is 1.63. The Labute approximate surface area is 117 Å². The first-order valence-electron chi connectivity index (χ1n) is 5.06. The van der Waals surface area contributed by atoms with Crippen LogP contribution in [-0.2, 0) is 6.18 Å². The summed E-state index contributed by atoms with van der Waals surface area (Å²) in [5, 5.41) is 1.74. The number of alkyl halides is 3. The highest BCUT2D eigenvalue weighted by Gasteiger charge is 2.35. The van der Waals surface area contributed by atoms with Gasteiger partial charge < -0.3 is 5.73 Å². The van der Waals surface area contributed by atoms with Gasteiger partial charge in [-0.1, -0.05) is 18.2 Å². The molecule has 0 radical (unpaired) electrons. The quantitative estimate of drug-likeness (QED) is 0.819. The lowest BCUT2D eigenvalue weighted by molar-refractivity contribution is -0.140. The predicted octanol–water partition coefficient (Wildman–Crippen LogP) is 4.38. The van der Waals surface area contributed by atoms with Crippen molar-refractivity contribution in [3.8, 4) is 0 Å². The van der Waals surface area contributed by atoms with E-state index in [2.05, 4.69) is 0 Å². The Bertz CT molecular complexity index is 539. The van der Waals surface area contributed by atoms with Crippen molar-refractivity contribution in [3.63, 3.8) is 0 Å². The van der Waals surface area contributed by atoms with Crippen molar-refractivity contribution in [1.29, 1.82) is 0 Å². The molecular formula is C12H10ClF4NS. The molecule has 7 heteroatoms. The van der Waals surface area contributed by atoms with Gasteiger partial charge in [0, 0.05) is 10.4 Å². The second kappa shape index (κ2) is 5.90. The first kappa shape index (κ1) is 15.9. The van der Waals surface area contributed by atoms with Gasteiger partial charge >= 0.3 is 6.18 Å². The van der Waals surface area contributed by atoms with E-state index in [1.54, 1.807) is 17.5 Å². The van der Waals surface area contributed by atoms with Crippen LogP contribution in [0, 0.1) is 5.82 Å². The first-order chi connectivity index (χ1) is 8.41. The molecule has 0 aliphatic carbocycles. The molecule has 0 saturated carbocycles. The average molecular weight is 312 g/mol. The van der Waals surface area contributed by atoms with Crippen molar-refractivity contribution < 1.29 is 17.6 Å². The number of thiophene rings is 1. The molecule has 0 amide bonds. The summed E-state index contributed by atoms with van der Waals surface area (Å²) in [6.07, 6.45) is -4.71. The van der Waals surface area contributed by atoms with Gasteiger partial charge in [0.1, 0.15) is 5.82 Å². The number of rotatable bonds is 2. The molecular weight excluding hydrogens is 302 g/mol. The third-order valence-electron chi connectivity index (χ3n) is 2.52. The van der Waals surface area contributed by atoms with Gasteiger partial charge in [0.05, 0.1) is 11.6 Å². The van der Waals surface area contributed by atoms with E-state index in [1.807, 2.05) is 0 Å². The lowest BCUT2D eigenvalue weighted by Crippen LogP contribution is -2.16. The summed E-state index contributed by atoms with van der Waals surface area (Å²) < 4.78 is 51.5. The van der Waals surface area contributed by atoms with Crippen molar-refractivity contribution in [1.82, 2.24) is 0 Å². The number of halogens is 5. The predicted molar refractivity (Wildman–Crippen MR) is 69.0 cm³/mol. The van der Waals surface area contributed by atoms with E-state index in [-0.39, 0.29) is 18.0 Å². The Balaban J connectivity index is 0.00000180. The van der Waals surface area contributed by atoms with E-state index in [9.17, 15) is 17.6 Å². The van der Waals surface area contributed by atoms with Crippen LogP contribution in [0.2, 0.25) is 0 Å². The molecule has 1 heterocycles. The minimum atomic E-state index is -4.71. The van der Waals surface area contributed by atoms with Gasteiger partial charge in [0.15, 0.2) is 0 Å². The van der Waals surface area contributed by atoms with Gasteiger partial charge in [-0.05, 0) is 17.5 Å². The highest BCUT2D eigenvalue weighted by atomic mass is 35.5. The van der Waals surface area contributed by atoms with Crippen molar-refractivity contribution >= 4 is 23.7 Å². The fourth-order valence-corrected chi connectivity index (χ4v) is 2.38. The van der Waals surface area contributed by atoms with Crippen molar-refractivity contribution in [3.05, 3.63) is 57.5 Å². The molecule has 0 fully saturated rings. The van der Waals surface area contributed by atoms with Crippen molar-refractivity contribution in [2.75, 3.05) is 0 Å². The minimum Gasteiger partial charge on any atom is -0.320 e. The molecule has 0 aliphatic heterocycles. The van der Waals surface area contributed by atoms with Crippen LogP contribution in [0.25, 0.3) is 0 Å². The molecule has 1 atom stereocenters. The molecule has 0 saturated heterocycles. The highest BCUT2D eigenvalue weighted by molar-refractivity contribution is 7.10. The third-order valence-corrected chi connectivity index (χ3v) is 3.47. The Hall–Kier alpha value is -1.11. The minimum absolute atomic E-state index is 0. The summed E-state index contributed by atoms with van der Waals surface area (Å²) in [6, 6.07) is 5.64. The molecule has 1 aromatic heterocycles. The molecule has 0 aliphatic rings. The normalized spacial score (nSPS) is 12.9. The van der Waals surface area contributed by atoms with Crippen LogP contribution in [0.15, 0.2) is 35.7 Å². The largest absolute Gasteiger partial charge is 0.419 e. The van der Waals surface area contributed by atoms with E-state index in [0.717, 1.165) is 6.07 Å². The molecule has 1 nitrogen and oxygen atoms in total. The Morgan fingerprint density at radius 3 is 2.32 bits per heavy atom. The van der Waals surface area contributed by atoms with Gasteiger partial charge in [-0.25, -0.2) is 4.39 Å². The summed E-state index contributed by atoms with van der Waals surface area (Å²) in [4.78, 5) is 0.619.